The zero-order valence-electron chi connectivity index (χ0n) is 10.7. The molecule has 0 saturated heterocycles. The van der Waals surface area contributed by atoms with E-state index in [1.54, 1.807) is 0 Å². The van der Waals surface area contributed by atoms with Crippen LogP contribution in [0, 0.1) is 18.3 Å². The first kappa shape index (κ1) is 12.7. The van der Waals surface area contributed by atoms with E-state index in [0.717, 1.165) is 27.8 Å². The molecule has 0 aliphatic rings. The van der Waals surface area contributed by atoms with Crippen molar-refractivity contribution in [3.8, 4) is 6.07 Å². The van der Waals surface area contributed by atoms with Crippen LogP contribution in [0.2, 0.25) is 5.02 Å². The van der Waals surface area contributed by atoms with Crippen molar-refractivity contribution in [1.82, 2.24) is 4.98 Å². The Labute approximate surface area is 112 Å². The van der Waals surface area contributed by atoms with Gasteiger partial charge in [0.25, 0.3) is 0 Å². The quantitative estimate of drug-likeness (QED) is 0.831. The van der Waals surface area contributed by atoms with Gasteiger partial charge in [0, 0.05) is 30.2 Å². The molecule has 0 atom stereocenters. The molecule has 0 spiro atoms. The number of nitrogens with zero attached hydrogens (tertiary/aromatic N) is 3. The van der Waals surface area contributed by atoms with E-state index in [1.165, 1.54) is 0 Å². The Balaban J connectivity index is 2.82. The van der Waals surface area contributed by atoms with Crippen molar-refractivity contribution >= 4 is 28.2 Å². The molecular weight excluding hydrogens is 246 g/mol. The average Bonchev–Trinajstić information content (AvgIpc) is 2.29. The number of halogens is 1. The van der Waals surface area contributed by atoms with Crippen molar-refractivity contribution in [3.63, 3.8) is 0 Å². The largest absolute Gasteiger partial charge is 0.377 e. The van der Waals surface area contributed by atoms with Crippen LogP contribution in [-0.2, 0) is 6.42 Å². The van der Waals surface area contributed by atoms with Gasteiger partial charge in [-0.3, -0.25) is 4.98 Å². The smallest absolute Gasteiger partial charge is 0.0775 e. The fraction of sp³-hybridized carbons (Fsp3) is 0.286. The second-order valence-electron chi connectivity index (χ2n) is 4.48. The summed E-state index contributed by atoms with van der Waals surface area (Å²) in [5.74, 6) is 0. The number of pyridine rings is 1. The SMILES string of the molecule is Cc1cc(Cl)cc2c(N(C)C)cc(CC#N)nc12. The van der Waals surface area contributed by atoms with Gasteiger partial charge in [-0.15, -0.1) is 0 Å². The molecule has 0 aliphatic heterocycles. The van der Waals surface area contributed by atoms with E-state index in [4.69, 9.17) is 16.9 Å². The van der Waals surface area contributed by atoms with Crippen molar-refractivity contribution < 1.29 is 0 Å². The Kier molecular flexibility index (Phi) is 3.40. The lowest BCUT2D eigenvalue weighted by Gasteiger charge is -2.17. The number of hydrogen-bond donors (Lipinski definition) is 0. The maximum atomic E-state index is 8.81. The molecule has 92 valence electrons. The number of hydrogen-bond acceptors (Lipinski definition) is 3. The van der Waals surface area contributed by atoms with Gasteiger partial charge < -0.3 is 4.90 Å². The molecule has 3 nitrogen and oxygen atoms in total. The van der Waals surface area contributed by atoms with Gasteiger partial charge in [-0.05, 0) is 30.7 Å². The number of nitriles is 1. The molecule has 1 aromatic carbocycles. The minimum absolute atomic E-state index is 0.318. The van der Waals surface area contributed by atoms with E-state index in [-0.39, 0.29) is 0 Å². The normalized spacial score (nSPS) is 10.4. The highest BCUT2D eigenvalue weighted by molar-refractivity contribution is 6.31. The van der Waals surface area contributed by atoms with Crippen LogP contribution in [0.3, 0.4) is 0 Å². The van der Waals surface area contributed by atoms with Gasteiger partial charge in [-0.2, -0.15) is 5.26 Å². The summed E-state index contributed by atoms with van der Waals surface area (Å²) in [4.78, 5) is 6.56. The third-order valence-corrected chi connectivity index (χ3v) is 3.06. The third kappa shape index (κ3) is 2.25. The first-order chi connectivity index (χ1) is 8.52. The van der Waals surface area contributed by atoms with Crippen LogP contribution in [0.15, 0.2) is 18.2 Å². The van der Waals surface area contributed by atoms with Crippen molar-refractivity contribution in [2.45, 2.75) is 13.3 Å². The molecule has 0 bridgehead atoms. The molecule has 2 aromatic rings. The Morgan fingerprint density at radius 3 is 2.67 bits per heavy atom. The van der Waals surface area contributed by atoms with E-state index >= 15 is 0 Å². The second kappa shape index (κ2) is 4.83. The van der Waals surface area contributed by atoms with Gasteiger partial charge in [0.2, 0.25) is 0 Å². The second-order valence-corrected chi connectivity index (χ2v) is 4.92. The van der Waals surface area contributed by atoms with Crippen LogP contribution in [-0.4, -0.2) is 19.1 Å². The number of aryl methyl sites for hydroxylation is 1. The minimum atomic E-state index is 0.318. The predicted octanol–water partition coefficient (Wildman–Crippen LogP) is 3.33. The van der Waals surface area contributed by atoms with Gasteiger partial charge in [-0.1, -0.05) is 11.6 Å². The molecular formula is C14H14ClN3. The van der Waals surface area contributed by atoms with Crippen molar-refractivity contribution in [1.29, 1.82) is 5.26 Å². The van der Waals surface area contributed by atoms with Crippen LogP contribution in [0.5, 0.6) is 0 Å². The fourth-order valence-electron chi connectivity index (χ4n) is 2.03. The van der Waals surface area contributed by atoms with E-state index < -0.39 is 0 Å². The molecule has 18 heavy (non-hydrogen) atoms. The summed E-state index contributed by atoms with van der Waals surface area (Å²) in [5, 5.41) is 10.5. The molecule has 0 saturated carbocycles. The fourth-order valence-corrected chi connectivity index (χ4v) is 2.30. The number of anilines is 1. The lowest BCUT2D eigenvalue weighted by molar-refractivity contribution is 1.09. The van der Waals surface area contributed by atoms with E-state index in [2.05, 4.69) is 11.1 Å². The summed E-state index contributed by atoms with van der Waals surface area (Å²) in [6, 6.07) is 7.90. The summed E-state index contributed by atoms with van der Waals surface area (Å²) >= 11 is 6.10. The third-order valence-electron chi connectivity index (χ3n) is 2.84. The summed E-state index contributed by atoms with van der Waals surface area (Å²) in [6.07, 6.45) is 0.318. The Morgan fingerprint density at radius 1 is 1.33 bits per heavy atom. The number of fused-ring (bicyclic) bond motifs is 1. The number of benzene rings is 1. The van der Waals surface area contributed by atoms with Crippen LogP contribution in [0.25, 0.3) is 10.9 Å². The first-order valence-corrected chi connectivity index (χ1v) is 6.04. The Bertz CT molecular complexity index is 642. The lowest BCUT2D eigenvalue weighted by Crippen LogP contribution is -2.10. The lowest BCUT2D eigenvalue weighted by atomic mass is 10.1. The van der Waals surface area contributed by atoms with Crippen LogP contribution < -0.4 is 4.90 Å². The molecule has 1 aromatic heterocycles. The topological polar surface area (TPSA) is 39.9 Å². The first-order valence-electron chi connectivity index (χ1n) is 5.67. The maximum Gasteiger partial charge on any atom is 0.0775 e. The zero-order valence-corrected chi connectivity index (χ0v) is 11.4. The molecule has 0 unspecified atom stereocenters. The van der Waals surface area contributed by atoms with Crippen molar-refractivity contribution in [2.75, 3.05) is 19.0 Å². The average molecular weight is 260 g/mol. The summed E-state index contributed by atoms with van der Waals surface area (Å²) in [6.45, 7) is 1.98. The highest BCUT2D eigenvalue weighted by Gasteiger charge is 2.10. The highest BCUT2D eigenvalue weighted by atomic mass is 35.5. The highest BCUT2D eigenvalue weighted by Crippen LogP contribution is 2.30. The van der Waals surface area contributed by atoms with Gasteiger partial charge in [-0.25, -0.2) is 0 Å². The van der Waals surface area contributed by atoms with E-state index in [1.807, 2.05) is 44.1 Å². The molecule has 0 radical (unpaired) electrons. The molecule has 0 amide bonds. The Hall–Kier alpha value is -1.79. The standard InChI is InChI=1S/C14H14ClN3/c1-9-6-10(15)7-12-13(18(2)3)8-11(4-5-16)17-14(9)12/h6-8H,4H2,1-3H3. The molecule has 2 rings (SSSR count). The van der Waals surface area contributed by atoms with Gasteiger partial charge in [0.1, 0.15) is 0 Å². The molecule has 0 N–H and O–H groups in total. The molecule has 1 heterocycles. The summed E-state index contributed by atoms with van der Waals surface area (Å²) in [5.41, 5.74) is 3.77. The van der Waals surface area contributed by atoms with E-state index in [0.29, 0.717) is 11.4 Å². The minimum Gasteiger partial charge on any atom is -0.377 e. The number of aromatic nitrogens is 1. The van der Waals surface area contributed by atoms with Gasteiger partial charge in [0.05, 0.1) is 23.7 Å². The molecule has 4 heteroatoms. The van der Waals surface area contributed by atoms with Crippen LogP contribution in [0.1, 0.15) is 11.3 Å². The zero-order chi connectivity index (χ0) is 13.3. The Morgan fingerprint density at radius 2 is 2.06 bits per heavy atom. The van der Waals surface area contributed by atoms with E-state index in [9.17, 15) is 0 Å². The van der Waals surface area contributed by atoms with Gasteiger partial charge in [0.15, 0.2) is 0 Å². The maximum absolute atomic E-state index is 8.81. The molecule has 0 fully saturated rings. The summed E-state index contributed by atoms with van der Waals surface area (Å²) < 4.78 is 0. The number of rotatable bonds is 2. The summed E-state index contributed by atoms with van der Waals surface area (Å²) in [7, 11) is 3.95. The molecule has 0 aliphatic carbocycles. The van der Waals surface area contributed by atoms with Crippen LogP contribution >= 0.6 is 11.6 Å². The van der Waals surface area contributed by atoms with Crippen molar-refractivity contribution in [3.05, 3.63) is 34.5 Å². The van der Waals surface area contributed by atoms with Crippen LogP contribution in [0.4, 0.5) is 5.69 Å². The van der Waals surface area contributed by atoms with Crippen molar-refractivity contribution in [2.24, 2.45) is 0 Å². The van der Waals surface area contributed by atoms with Gasteiger partial charge >= 0.3 is 0 Å². The predicted molar refractivity (Wildman–Crippen MR) is 75.1 cm³/mol. The monoisotopic (exact) mass is 259 g/mol.